The molecule has 1 amide bonds. The second-order valence-electron chi connectivity index (χ2n) is 5.39. The van der Waals surface area contributed by atoms with Gasteiger partial charge in [0.2, 0.25) is 0 Å². The summed E-state index contributed by atoms with van der Waals surface area (Å²) in [5.41, 5.74) is -0.0672. The number of amides is 1. The number of furan rings is 1. The molecule has 1 saturated carbocycles. The van der Waals surface area contributed by atoms with Crippen molar-refractivity contribution in [1.29, 1.82) is 0 Å². The summed E-state index contributed by atoms with van der Waals surface area (Å²) in [7, 11) is 0. The Kier molecular flexibility index (Phi) is 3.22. The average molecular weight is 277 g/mol. The summed E-state index contributed by atoms with van der Waals surface area (Å²) < 4.78 is 18.5. The number of nitrogens with one attached hydrogen (secondary N) is 1. The first-order valence-electron chi connectivity index (χ1n) is 6.74. The van der Waals surface area contributed by atoms with E-state index in [-0.39, 0.29) is 24.1 Å². The molecular formula is C15H16FNO3. The molecule has 1 aromatic carbocycles. The minimum absolute atomic E-state index is 0.0758. The molecule has 0 atom stereocenters. The number of hydrogen-bond donors (Lipinski definition) is 2. The fourth-order valence-corrected chi connectivity index (χ4v) is 2.80. The number of carbonyl (C=O) groups is 1. The molecule has 0 spiro atoms. The summed E-state index contributed by atoms with van der Waals surface area (Å²) in [4.78, 5) is 12.2. The number of halogens is 1. The third-order valence-corrected chi connectivity index (χ3v) is 3.94. The van der Waals surface area contributed by atoms with Gasteiger partial charge in [0.25, 0.3) is 5.91 Å². The van der Waals surface area contributed by atoms with Gasteiger partial charge >= 0.3 is 0 Å². The Bertz CT molecular complexity index is 644. The Labute approximate surface area is 115 Å². The van der Waals surface area contributed by atoms with Crippen LogP contribution in [0, 0.1) is 5.82 Å². The van der Waals surface area contributed by atoms with Crippen molar-refractivity contribution in [3.05, 3.63) is 35.8 Å². The molecule has 20 heavy (non-hydrogen) atoms. The molecule has 0 bridgehead atoms. The van der Waals surface area contributed by atoms with Crippen molar-refractivity contribution in [2.75, 3.05) is 6.61 Å². The van der Waals surface area contributed by atoms with Crippen LogP contribution in [0.3, 0.4) is 0 Å². The maximum atomic E-state index is 13.1. The molecule has 106 valence electrons. The van der Waals surface area contributed by atoms with Crippen LogP contribution < -0.4 is 5.32 Å². The lowest BCUT2D eigenvalue weighted by Gasteiger charge is -2.27. The smallest absolute Gasteiger partial charge is 0.287 e. The van der Waals surface area contributed by atoms with E-state index in [4.69, 9.17) is 4.42 Å². The fraction of sp³-hybridized carbons (Fsp3) is 0.400. The van der Waals surface area contributed by atoms with Crippen molar-refractivity contribution in [2.24, 2.45) is 0 Å². The van der Waals surface area contributed by atoms with Gasteiger partial charge in [0.05, 0.1) is 12.1 Å². The van der Waals surface area contributed by atoms with E-state index in [9.17, 15) is 14.3 Å². The Hall–Kier alpha value is -1.88. The van der Waals surface area contributed by atoms with E-state index in [0.29, 0.717) is 11.0 Å². The first-order valence-corrected chi connectivity index (χ1v) is 6.74. The number of rotatable bonds is 3. The van der Waals surface area contributed by atoms with Crippen molar-refractivity contribution in [2.45, 2.75) is 31.2 Å². The zero-order valence-electron chi connectivity index (χ0n) is 11.0. The molecule has 1 aromatic heterocycles. The van der Waals surface area contributed by atoms with Crippen LogP contribution in [0.1, 0.15) is 36.2 Å². The van der Waals surface area contributed by atoms with Crippen LogP contribution in [0.5, 0.6) is 0 Å². The second-order valence-corrected chi connectivity index (χ2v) is 5.39. The van der Waals surface area contributed by atoms with Crippen LogP contribution >= 0.6 is 0 Å². The monoisotopic (exact) mass is 277 g/mol. The first-order chi connectivity index (χ1) is 9.62. The summed E-state index contributed by atoms with van der Waals surface area (Å²) in [6.45, 7) is -0.0758. The maximum Gasteiger partial charge on any atom is 0.287 e. The molecule has 1 aliphatic rings. The third-order valence-electron chi connectivity index (χ3n) is 3.94. The standard InChI is InChI=1S/C15H16FNO3/c16-11-3-4-12-10(7-11)8-13(20-12)14(19)17-15(9-18)5-1-2-6-15/h3-4,7-8,18H,1-2,5-6,9H2,(H,17,19). The average Bonchev–Trinajstić information content (AvgIpc) is 3.05. The first kappa shape index (κ1) is 13.1. The molecule has 5 heteroatoms. The van der Waals surface area contributed by atoms with Crippen molar-refractivity contribution >= 4 is 16.9 Å². The number of carbonyl (C=O) groups excluding carboxylic acids is 1. The van der Waals surface area contributed by atoms with Gasteiger partial charge in [-0.1, -0.05) is 12.8 Å². The lowest BCUT2D eigenvalue weighted by Crippen LogP contribution is -2.49. The molecule has 0 radical (unpaired) electrons. The fourth-order valence-electron chi connectivity index (χ4n) is 2.80. The lowest BCUT2D eigenvalue weighted by molar-refractivity contribution is 0.0813. The number of benzene rings is 1. The Morgan fingerprint density at radius 2 is 2.10 bits per heavy atom. The van der Waals surface area contributed by atoms with Gasteiger partial charge in [-0.3, -0.25) is 4.79 Å². The van der Waals surface area contributed by atoms with Gasteiger partial charge in [0.15, 0.2) is 5.76 Å². The minimum Gasteiger partial charge on any atom is -0.451 e. The van der Waals surface area contributed by atoms with Crippen LogP contribution in [0.15, 0.2) is 28.7 Å². The summed E-state index contributed by atoms with van der Waals surface area (Å²) in [5, 5.41) is 12.9. The third kappa shape index (κ3) is 2.29. The summed E-state index contributed by atoms with van der Waals surface area (Å²) in [5.74, 6) is -0.587. The van der Waals surface area contributed by atoms with Crippen LogP contribution in [-0.4, -0.2) is 23.2 Å². The quantitative estimate of drug-likeness (QED) is 0.906. The highest BCUT2D eigenvalue weighted by Gasteiger charge is 2.35. The topological polar surface area (TPSA) is 62.5 Å². The van der Waals surface area contributed by atoms with E-state index in [1.54, 1.807) is 0 Å². The maximum absolute atomic E-state index is 13.1. The molecule has 3 rings (SSSR count). The van der Waals surface area contributed by atoms with Crippen LogP contribution in [0.25, 0.3) is 11.0 Å². The van der Waals surface area contributed by atoms with Crippen LogP contribution in [-0.2, 0) is 0 Å². The van der Waals surface area contributed by atoms with E-state index < -0.39 is 5.54 Å². The summed E-state index contributed by atoms with van der Waals surface area (Å²) in [6, 6.07) is 5.64. The molecule has 1 fully saturated rings. The van der Waals surface area contributed by atoms with Crippen LogP contribution in [0.4, 0.5) is 4.39 Å². The Balaban J connectivity index is 1.85. The van der Waals surface area contributed by atoms with E-state index in [1.807, 2.05) is 0 Å². The molecule has 0 aliphatic heterocycles. The van der Waals surface area contributed by atoms with Crippen molar-refractivity contribution < 1.29 is 18.7 Å². The largest absolute Gasteiger partial charge is 0.451 e. The van der Waals surface area contributed by atoms with Crippen molar-refractivity contribution in [3.63, 3.8) is 0 Å². The zero-order valence-corrected chi connectivity index (χ0v) is 11.0. The van der Waals surface area contributed by atoms with E-state index in [0.717, 1.165) is 25.7 Å². The number of fused-ring (bicyclic) bond motifs is 1. The van der Waals surface area contributed by atoms with Gasteiger partial charge in [-0.2, -0.15) is 0 Å². The molecule has 2 aromatic rings. The van der Waals surface area contributed by atoms with Gasteiger partial charge in [-0.25, -0.2) is 4.39 Å². The number of aliphatic hydroxyl groups excluding tert-OH is 1. The molecule has 4 nitrogen and oxygen atoms in total. The van der Waals surface area contributed by atoms with E-state index in [2.05, 4.69) is 5.32 Å². The van der Waals surface area contributed by atoms with E-state index in [1.165, 1.54) is 24.3 Å². The van der Waals surface area contributed by atoms with Crippen molar-refractivity contribution in [3.8, 4) is 0 Å². The normalized spacial score (nSPS) is 17.5. The number of aliphatic hydroxyl groups is 1. The van der Waals surface area contributed by atoms with Gasteiger partial charge < -0.3 is 14.8 Å². The zero-order chi connectivity index (χ0) is 14.2. The number of hydrogen-bond acceptors (Lipinski definition) is 3. The molecular weight excluding hydrogens is 261 g/mol. The van der Waals surface area contributed by atoms with Crippen LogP contribution in [0.2, 0.25) is 0 Å². The van der Waals surface area contributed by atoms with Gasteiger partial charge in [0, 0.05) is 5.39 Å². The minimum atomic E-state index is -0.540. The predicted octanol–water partition coefficient (Wildman–Crippen LogP) is 2.61. The van der Waals surface area contributed by atoms with Gasteiger partial charge in [-0.05, 0) is 37.1 Å². The molecule has 1 heterocycles. The SMILES string of the molecule is O=C(NC1(CO)CCCC1)c1cc2cc(F)ccc2o1. The predicted molar refractivity (Wildman–Crippen MR) is 71.9 cm³/mol. The molecule has 2 N–H and O–H groups in total. The molecule has 0 unspecified atom stereocenters. The Morgan fingerprint density at radius 3 is 2.80 bits per heavy atom. The second kappa shape index (κ2) is 4.90. The lowest BCUT2D eigenvalue weighted by atomic mass is 9.99. The highest BCUT2D eigenvalue weighted by atomic mass is 19.1. The van der Waals surface area contributed by atoms with E-state index >= 15 is 0 Å². The highest BCUT2D eigenvalue weighted by molar-refractivity contribution is 5.96. The Morgan fingerprint density at radius 1 is 1.35 bits per heavy atom. The van der Waals surface area contributed by atoms with Gasteiger partial charge in [0.1, 0.15) is 11.4 Å². The van der Waals surface area contributed by atoms with Crippen molar-refractivity contribution in [1.82, 2.24) is 5.32 Å². The van der Waals surface area contributed by atoms with Gasteiger partial charge in [-0.15, -0.1) is 0 Å². The summed E-state index contributed by atoms with van der Waals surface area (Å²) >= 11 is 0. The summed E-state index contributed by atoms with van der Waals surface area (Å²) in [6.07, 6.45) is 3.52. The highest BCUT2D eigenvalue weighted by Crippen LogP contribution is 2.30. The molecule has 0 saturated heterocycles. The molecule has 1 aliphatic carbocycles.